The smallest absolute Gasteiger partial charge is 0.160 e. The van der Waals surface area contributed by atoms with Crippen molar-refractivity contribution in [2.24, 2.45) is 40.9 Å². The molecule has 4 fully saturated rings. The van der Waals surface area contributed by atoms with Gasteiger partial charge in [-0.05, 0) is 107 Å². The normalized spacial score (nSPS) is 45.1. The number of rotatable bonds is 3. The summed E-state index contributed by atoms with van der Waals surface area (Å²) in [7, 11) is 0. The number of carbonyl (C=O) groups is 1. The average molecular weight is 424 g/mol. The van der Waals surface area contributed by atoms with Gasteiger partial charge < -0.3 is 5.11 Å². The lowest BCUT2D eigenvalue weighted by Gasteiger charge is -2.57. The molecule has 4 aliphatic carbocycles. The first-order chi connectivity index (χ1) is 14.7. The molecule has 1 aromatic heterocycles. The molecule has 0 aromatic carbocycles. The summed E-state index contributed by atoms with van der Waals surface area (Å²) in [6.07, 6.45) is 13.5. The van der Waals surface area contributed by atoms with Gasteiger partial charge in [0, 0.05) is 12.1 Å². The quantitative estimate of drug-likeness (QED) is 0.749. The number of aliphatic hydroxyl groups is 1. The third-order valence-electron chi connectivity index (χ3n) is 10.1. The van der Waals surface area contributed by atoms with Gasteiger partial charge in [-0.2, -0.15) is 10.4 Å². The third kappa shape index (κ3) is 3.37. The largest absolute Gasteiger partial charge is 0.390 e. The Morgan fingerprint density at radius 3 is 2.68 bits per heavy atom. The van der Waals surface area contributed by atoms with Gasteiger partial charge in [0.05, 0.1) is 17.4 Å². The Kier molecular flexibility index (Phi) is 5.09. The molecule has 1 aromatic rings. The zero-order chi connectivity index (χ0) is 22.0. The molecule has 5 heteroatoms. The van der Waals surface area contributed by atoms with Gasteiger partial charge in [-0.3, -0.25) is 9.48 Å². The predicted molar refractivity (Wildman–Crippen MR) is 118 cm³/mol. The van der Waals surface area contributed by atoms with E-state index in [0.717, 1.165) is 43.4 Å². The fraction of sp³-hybridized carbons (Fsp3) is 0.808. The Hall–Kier alpha value is -1.67. The van der Waals surface area contributed by atoms with Crippen LogP contribution in [0.2, 0.25) is 0 Å². The molecular weight excluding hydrogens is 386 g/mol. The molecule has 1 heterocycles. The van der Waals surface area contributed by atoms with Crippen molar-refractivity contribution in [3.05, 3.63) is 18.0 Å². The molecule has 5 nitrogen and oxygen atoms in total. The molecule has 5 rings (SSSR count). The third-order valence-corrected chi connectivity index (χ3v) is 10.1. The second-order valence-corrected chi connectivity index (χ2v) is 11.7. The van der Waals surface area contributed by atoms with Crippen molar-refractivity contribution in [1.82, 2.24) is 9.78 Å². The van der Waals surface area contributed by atoms with Gasteiger partial charge in [-0.1, -0.05) is 6.92 Å². The lowest BCUT2D eigenvalue weighted by Crippen LogP contribution is -2.51. The summed E-state index contributed by atoms with van der Waals surface area (Å²) in [6, 6.07) is 1.80. The van der Waals surface area contributed by atoms with Crippen LogP contribution in [0.3, 0.4) is 0 Å². The van der Waals surface area contributed by atoms with Crippen LogP contribution >= 0.6 is 0 Å². The minimum atomic E-state index is -0.462. The lowest BCUT2D eigenvalue weighted by molar-refractivity contribution is -0.135. The molecule has 0 radical (unpaired) electrons. The van der Waals surface area contributed by atoms with Crippen LogP contribution in [0.25, 0.3) is 0 Å². The summed E-state index contributed by atoms with van der Waals surface area (Å²) in [4.78, 5) is 13.6. The molecule has 1 N–H and O–H groups in total. The van der Waals surface area contributed by atoms with Gasteiger partial charge in [-0.25, -0.2) is 0 Å². The minimum Gasteiger partial charge on any atom is -0.390 e. The van der Waals surface area contributed by atoms with Crippen LogP contribution in [0.15, 0.2) is 12.4 Å². The van der Waals surface area contributed by atoms with E-state index in [1.165, 1.54) is 32.1 Å². The second-order valence-electron chi connectivity index (χ2n) is 11.7. The summed E-state index contributed by atoms with van der Waals surface area (Å²) in [6.45, 7) is 6.37. The van der Waals surface area contributed by atoms with Crippen molar-refractivity contribution in [3.8, 4) is 6.07 Å². The first-order valence-corrected chi connectivity index (χ1v) is 12.4. The first kappa shape index (κ1) is 21.2. The van der Waals surface area contributed by atoms with Gasteiger partial charge in [0.1, 0.15) is 12.1 Å². The van der Waals surface area contributed by atoms with Crippen LogP contribution in [-0.4, -0.2) is 26.3 Å². The molecule has 0 aliphatic heterocycles. The van der Waals surface area contributed by atoms with Crippen molar-refractivity contribution in [2.45, 2.75) is 90.2 Å². The maximum absolute atomic E-state index is 13.6. The maximum atomic E-state index is 13.6. The lowest BCUT2D eigenvalue weighted by atomic mass is 9.49. The van der Waals surface area contributed by atoms with Crippen LogP contribution in [0.1, 0.15) is 90.2 Å². The number of fused-ring (bicyclic) bond motifs is 5. The van der Waals surface area contributed by atoms with E-state index in [1.807, 2.05) is 13.8 Å². The molecule has 0 unspecified atom stereocenters. The van der Waals surface area contributed by atoms with E-state index < -0.39 is 5.60 Å². The topological polar surface area (TPSA) is 78.9 Å². The molecule has 4 saturated carbocycles. The van der Waals surface area contributed by atoms with E-state index in [2.05, 4.69) is 18.1 Å². The zero-order valence-electron chi connectivity index (χ0n) is 19.3. The van der Waals surface area contributed by atoms with E-state index in [4.69, 9.17) is 5.26 Å². The Labute approximate surface area is 186 Å². The number of nitriles is 1. The van der Waals surface area contributed by atoms with E-state index in [-0.39, 0.29) is 17.4 Å². The summed E-state index contributed by atoms with van der Waals surface area (Å²) in [5.41, 5.74) is 0.153. The fourth-order valence-corrected chi connectivity index (χ4v) is 8.58. The van der Waals surface area contributed by atoms with Gasteiger partial charge in [0.2, 0.25) is 0 Å². The fourth-order valence-electron chi connectivity index (χ4n) is 8.58. The number of hydrogen-bond donors (Lipinski definition) is 1. The molecule has 4 aliphatic rings. The van der Waals surface area contributed by atoms with Crippen molar-refractivity contribution >= 4 is 5.78 Å². The molecule has 31 heavy (non-hydrogen) atoms. The monoisotopic (exact) mass is 423 g/mol. The molecule has 0 bridgehead atoms. The van der Waals surface area contributed by atoms with Gasteiger partial charge in [0.15, 0.2) is 5.78 Å². The average Bonchev–Trinajstić information content (AvgIpc) is 3.35. The van der Waals surface area contributed by atoms with Crippen LogP contribution in [-0.2, 0) is 4.79 Å². The van der Waals surface area contributed by atoms with E-state index in [0.29, 0.717) is 23.2 Å². The number of ketones is 1. The van der Waals surface area contributed by atoms with Crippen molar-refractivity contribution in [1.29, 1.82) is 5.26 Å². The predicted octanol–water partition coefficient (Wildman–Crippen LogP) is 4.90. The number of Topliss-reactive ketones (excluding diaryl/α,β-unsaturated/α-hetero) is 1. The zero-order valence-corrected chi connectivity index (χ0v) is 19.3. The Morgan fingerprint density at radius 1 is 1.16 bits per heavy atom. The van der Waals surface area contributed by atoms with E-state index >= 15 is 0 Å². The molecule has 168 valence electrons. The summed E-state index contributed by atoms with van der Waals surface area (Å²) >= 11 is 0. The highest BCUT2D eigenvalue weighted by Crippen LogP contribution is 2.65. The van der Waals surface area contributed by atoms with Crippen molar-refractivity contribution in [2.75, 3.05) is 0 Å². The molecule has 9 atom stereocenters. The van der Waals surface area contributed by atoms with Crippen LogP contribution in [0.5, 0.6) is 0 Å². The molecule has 0 amide bonds. The highest BCUT2D eigenvalue weighted by Gasteiger charge is 2.59. The highest BCUT2D eigenvalue weighted by molar-refractivity contribution is 5.85. The summed E-state index contributed by atoms with van der Waals surface area (Å²) < 4.78 is 1.68. The second kappa shape index (κ2) is 7.44. The van der Waals surface area contributed by atoms with Crippen LogP contribution in [0, 0.1) is 52.3 Å². The molecular formula is C26H37N3O2. The Balaban J connectivity index is 1.33. The number of hydrogen-bond acceptors (Lipinski definition) is 4. The number of aromatic nitrogens is 2. The first-order valence-electron chi connectivity index (χ1n) is 12.4. The number of nitrogens with zero attached hydrogens (tertiary/aromatic N) is 3. The molecule has 0 saturated heterocycles. The Morgan fingerprint density at radius 2 is 1.94 bits per heavy atom. The van der Waals surface area contributed by atoms with Crippen molar-refractivity contribution in [3.63, 3.8) is 0 Å². The van der Waals surface area contributed by atoms with Crippen molar-refractivity contribution < 1.29 is 9.90 Å². The Bertz CT molecular complexity index is 899. The van der Waals surface area contributed by atoms with Gasteiger partial charge in [-0.15, -0.1) is 0 Å². The molecule has 0 spiro atoms. The standard InChI is InChI=1S/C26H37N3O2/c1-16(29-15-17(13-27)14-28-29)24(30)23-7-6-22-21-5-4-18-12-25(2,31)10-8-19(18)20(21)9-11-26(22,23)3/h14-16,18-23,31H,4-12H2,1-3H3/t16-,18-,19+,20-,21-,22+,23-,25-,26+/m1/s1. The maximum Gasteiger partial charge on any atom is 0.160 e. The van der Waals surface area contributed by atoms with E-state index in [9.17, 15) is 9.90 Å². The van der Waals surface area contributed by atoms with Gasteiger partial charge in [0.25, 0.3) is 0 Å². The van der Waals surface area contributed by atoms with Gasteiger partial charge >= 0.3 is 0 Å². The van der Waals surface area contributed by atoms with Crippen LogP contribution < -0.4 is 0 Å². The number of carbonyl (C=O) groups excluding carboxylic acids is 1. The van der Waals surface area contributed by atoms with Crippen LogP contribution in [0.4, 0.5) is 0 Å². The highest BCUT2D eigenvalue weighted by atomic mass is 16.3. The summed E-state index contributed by atoms with van der Waals surface area (Å²) in [5, 5.41) is 24.0. The minimum absolute atomic E-state index is 0.102. The summed E-state index contributed by atoms with van der Waals surface area (Å²) in [5.74, 6) is 4.09. The van der Waals surface area contributed by atoms with E-state index in [1.54, 1.807) is 17.1 Å². The SMILES string of the molecule is C[C@H](C(=O)[C@H]1CC[C@H]2[C@@H]3CC[C@@H]4C[C@](C)(O)CC[C@@H]4[C@H]3CC[C@]12C)n1cc(C#N)cn1.